The van der Waals surface area contributed by atoms with E-state index >= 15 is 0 Å². The second-order valence-corrected chi connectivity index (χ2v) is 4.11. The fourth-order valence-corrected chi connectivity index (χ4v) is 2.02. The smallest absolute Gasteiger partial charge is 0.120 e. The maximum atomic E-state index is 10.5. The lowest BCUT2D eigenvalue weighted by molar-refractivity contribution is -0.108. The van der Waals surface area contributed by atoms with Crippen molar-refractivity contribution in [2.24, 2.45) is 0 Å². The van der Waals surface area contributed by atoms with Gasteiger partial charge < -0.3 is 4.79 Å². The topological polar surface area (TPSA) is 17.1 Å². The molecule has 0 aromatic heterocycles. The molecule has 0 fully saturated rings. The molecule has 0 bridgehead atoms. The van der Waals surface area contributed by atoms with Crippen LogP contribution in [0.3, 0.4) is 0 Å². The maximum Gasteiger partial charge on any atom is 0.120 e. The molecule has 1 rings (SSSR count). The van der Waals surface area contributed by atoms with Crippen molar-refractivity contribution in [1.82, 2.24) is 0 Å². The normalized spacial score (nSPS) is 12.6. The largest absolute Gasteiger partial charge is 0.303 e. The maximum absolute atomic E-state index is 10.5. The number of halogens is 1. The Morgan fingerprint density at radius 2 is 2.07 bits per heavy atom. The van der Waals surface area contributed by atoms with Crippen LogP contribution in [0.25, 0.3) is 0 Å². The Kier molecular flexibility index (Phi) is 3.70. The van der Waals surface area contributed by atoms with Crippen LogP contribution in [0.2, 0.25) is 5.02 Å². The number of carbonyl (C=O) groups is 1. The van der Waals surface area contributed by atoms with Crippen molar-refractivity contribution < 1.29 is 4.79 Å². The van der Waals surface area contributed by atoms with E-state index in [0.717, 1.165) is 16.9 Å². The monoisotopic (exact) mass is 210 g/mol. The highest BCUT2D eigenvalue weighted by Crippen LogP contribution is 2.29. The second-order valence-electron chi connectivity index (χ2n) is 3.71. The second kappa shape index (κ2) is 4.61. The van der Waals surface area contributed by atoms with Crippen LogP contribution in [-0.4, -0.2) is 6.29 Å². The molecule has 0 aliphatic heterocycles. The van der Waals surface area contributed by atoms with Crippen LogP contribution in [-0.2, 0) is 4.79 Å². The van der Waals surface area contributed by atoms with E-state index in [-0.39, 0.29) is 5.92 Å². The third-order valence-corrected chi connectivity index (χ3v) is 3.02. The Bertz CT molecular complexity index is 344. The van der Waals surface area contributed by atoms with E-state index in [1.165, 1.54) is 11.1 Å². The van der Waals surface area contributed by atoms with Crippen LogP contribution in [0.15, 0.2) is 12.1 Å². The molecule has 1 nitrogen and oxygen atoms in total. The molecule has 1 aromatic carbocycles. The van der Waals surface area contributed by atoms with Gasteiger partial charge in [0.05, 0.1) is 0 Å². The number of aryl methyl sites for hydroxylation is 1. The highest BCUT2D eigenvalue weighted by atomic mass is 35.5. The number of benzene rings is 1. The molecule has 0 heterocycles. The summed E-state index contributed by atoms with van der Waals surface area (Å²) in [7, 11) is 0. The number of hydrogen-bond donors (Lipinski definition) is 0. The molecule has 1 aromatic rings. The summed E-state index contributed by atoms with van der Waals surface area (Å²) in [4.78, 5) is 10.5. The summed E-state index contributed by atoms with van der Waals surface area (Å²) in [6.07, 6.45) is 1.52. The molecule has 0 aliphatic carbocycles. The van der Waals surface area contributed by atoms with Crippen LogP contribution in [0.4, 0.5) is 0 Å². The minimum atomic E-state index is 0.256. The van der Waals surface area contributed by atoms with Gasteiger partial charge in [-0.15, -0.1) is 0 Å². The van der Waals surface area contributed by atoms with Crippen LogP contribution in [0, 0.1) is 13.8 Å². The molecule has 0 radical (unpaired) electrons. The summed E-state index contributed by atoms with van der Waals surface area (Å²) in [5.41, 5.74) is 3.52. The molecule has 1 atom stereocenters. The molecule has 0 saturated carbocycles. The molecular formula is C12H15ClO. The fraction of sp³-hybridized carbons (Fsp3) is 0.417. The minimum Gasteiger partial charge on any atom is -0.303 e. The van der Waals surface area contributed by atoms with Crippen LogP contribution in [0.5, 0.6) is 0 Å². The Labute approximate surface area is 90.1 Å². The van der Waals surface area contributed by atoms with Crippen molar-refractivity contribution in [2.75, 3.05) is 0 Å². The third kappa shape index (κ3) is 2.16. The van der Waals surface area contributed by atoms with E-state index in [2.05, 4.69) is 13.8 Å². The summed E-state index contributed by atoms with van der Waals surface area (Å²) in [6.45, 7) is 6.12. The zero-order chi connectivity index (χ0) is 10.7. The van der Waals surface area contributed by atoms with Crippen LogP contribution in [0.1, 0.15) is 36.0 Å². The summed E-state index contributed by atoms with van der Waals surface area (Å²) in [6, 6.07) is 3.91. The lowest BCUT2D eigenvalue weighted by Crippen LogP contribution is -2.01. The van der Waals surface area contributed by atoms with Gasteiger partial charge in [0, 0.05) is 11.4 Å². The van der Waals surface area contributed by atoms with Gasteiger partial charge in [0.2, 0.25) is 0 Å². The Morgan fingerprint density at radius 3 is 2.64 bits per heavy atom. The van der Waals surface area contributed by atoms with Gasteiger partial charge in [-0.1, -0.05) is 24.6 Å². The average Bonchev–Trinajstić information content (AvgIpc) is 2.13. The molecule has 0 saturated heterocycles. The number of carbonyl (C=O) groups excluding carboxylic acids is 1. The SMILES string of the molecule is Cc1ccc(Cl)c(C)c1C(C)CC=O. The predicted molar refractivity (Wildman–Crippen MR) is 60.0 cm³/mol. The zero-order valence-electron chi connectivity index (χ0n) is 8.80. The third-order valence-electron chi connectivity index (χ3n) is 2.61. The van der Waals surface area contributed by atoms with Crippen molar-refractivity contribution in [3.63, 3.8) is 0 Å². The first-order valence-corrected chi connectivity index (χ1v) is 5.15. The first-order chi connectivity index (χ1) is 6.57. The molecule has 0 aliphatic rings. The van der Waals surface area contributed by atoms with E-state index in [4.69, 9.17) is 11.6 Å². The van der Waals surface area contributed by atoms with Crippen LogP contribution >= 0.6 is 11.6 Å². The summed E-state index contributed by atoms with van der Waals surface area (Å²) in [5.74, 6) is 0.256. The van der Waals surface area contributed by atoms with E-state index in [1.54, 1.807) is 0 Å². The molecule has 1 unspecified atom stereocenters. The van der Waals surface area contributed by atoms with Crippen molar-refractivity contribution in [2.45, 2.75) is 33.1 Å². The molecule has 0 N–H and O–H groups in total. The standard InChI is InChI=1S/C12H15ClO/c1-8-4-5-11(13)10(3)12(8)9(2)6-7-14/h4-5,7,9H,6H2,1-3H3. The van der Waals surface area contributed by atoms with E-state index < -0.39 is 0 Å². The summed E-state index contributed by atoms with van der Waals surface area (Å²) < 4.78 is 0. The number of aldehydes is 1. The number of rotatable bonds is 3. The van der Waals surface area contributed by atoms with E-state index in [9.17, 15) is 4.79 Å². The van der Waals surface area contributed by atoms with Crippen molar-refractivity contribution in [1.29, 1.82) is 0 Å². The van der Waals surface area contributed by atoms with E-state index in [1.807, 2.05) is 19.1 Å². The zero-order valence-corrected chi connectivity index (χ0v) is 9.56. The highest BCUT2D eigenvalue weighted by Gasteiger charge is 2.12. The van der Waals surface area contributed by atoms with Crippen LogP contribution < -0.4 is 0 Å². The van der Waals surface area contributed by atoms with Gasteiger partial charge in [0.1, 0.15) is 6.29 Å². The summed E-state index contributed by atoms with van der Waals surface area (Å²) in [5, 5.41) is 0.781. The average molecular weight is 211 g/mol. The van der Waals surface area contributed by atoms with Gasteiger partial charge in [-0.2, -0.15) is 0 Å². The van der Waals surface area contributed by atoms with Gasteiger partial charge >= 0.3 is 0 Å². The molecule has 0 spiro atoms. The molecule has 76 valence electrons. The quantitative estimate of drug-likeness (QED) is 0.696. The van der Waals surface area contributed by atoms with E-state index in [0.29, 0.717) is 6.42 Å². The van der Waals surface area contributed by atoms with Crippen molar-refractivity contribution in [3.05, 3.63) is 33.8 Å². The minimum absolute atomic E-state index is 0.256. The Balaban J connectivity index is 3.17. The Hall–Kier alpha value is -0.820. The van der Waals surface area contributed by atoms with Gasteiger partial charge in [-0.25, -0.2) is 0 Å². The number of hydrogen-bond acceptors (Lipinski definition) is 1. The molecular weight excluding hydrogens is 196 g/mol. The molecule has 0 amide bonds. The Morgan fingerprint density at radius 1 is 1.43 bits per heavy atom. The fourth-order valence-electron chi connectivity index (χ4n) is 1.86. The molecule has 14 heavy (non-hydrogen) atoms. The first-order valence-electron chi connectivity index (χ1n) is 4.77. The van der Waals surface area contributed by atoms with Gasteiger partial charge in [-0.05, 0) is 42.5 Å². The molecule has 2 heteroatoms. The highest BCUT2D eigenvalue weighted by molar-refractivity contribution is 6.31. The van der Waals surface area contributed by atoms with Crippen molar-refractivity contribution in [3.8, 4) is 0 Å². The van der Waals surface area contributed by atoms with Gasteiger partial charge in [0.15, 0.2) is 0 Å². The predicted octanol–water partition coefficient (Wildman–Crippen LogP) is 3.65. The summed E-state index contributed by atoms with van der Waals surface area (Å²) >= 11 is 6.04. The lowest BCUT2D eigenvalue weighted by Gasteiger charge is -2.16. The lowest BCUT2D eigenvalue weighted by atomic mass is 9.90. The first kappa shape index (κ1) is 11.3. The van der Waals surface area contributed by atoms with Gasteiger partial charge in [-0.3, -0.25) is 0 Å². The van der Waals surface area contributed by atoms with Gasteiger partial charge in [0.25, 0.3) is 0 Å². The van der Waals surface area contributed by atoms with Crippen molar-refractivity contribution >= 4 is 17.9 Å².